The zero-order chi connectivity index (χ0) is 14.5. The molecular formula is C15H16N6. The van der Waals surface area contributed by atoms with Crippen molar-refractivity contribution in [2.75, 3.05) is 11.9 Å². The highest BCUT2D eigenvalue weighted by Gasteiger charge is 2.09. The number of hydrogen-bond donors (Lipinski definition) is 1. The monoisotopic (exact) mass is 280 g/mol. The number of aromatic nitrogens is 5. The standard InChI is InChI=1S/C15H16N6/c1-2-8-17-14-18-13(12-6-4-3-5-7-12)19-15(20-14)21-10-9-16-11-21/h3-7,9-11H,2,8H2,1H3,(H,17,18,19,20). The molecule has 0 fully saturated rings. The highest BCUT2D eigenvalue weighted by molar-refractivity contribution is 5.56. The molecule has 6 nitrogen and oxygen atoms in total. The van der Waals surface area contributed by atoms with Gasteiger partial charge in [0.05, 0.1) is 0 Å². The van der Waals surface area contributed by atoms with Crippen LogP contribution in [-0.2, 0) is 0 Å². The van der Waals surface area contributed by atoms with Crippen LogP contribution in [0.3, 0.4) is 0 Å². The summed E-state index contributed by atoms with van der Waals surface area (Å²) in [6.45, 7) is 2.92. The van der Waals surface area contributed by atoms with Crippen LogP contribution in [0.25, 0.3) is 17.3 Å². The lowest BCUT2D eigenvalue weighted by atomic mass is 10.2. The van der Waals surface area contributed by atoms with E-state index in [0.29, 0.717) is 17.7 Å². The summed E-state index contributed by atoms with van der Waals surface area (Å²) >= 11 is 0. The molecule has 0 atom stereocenters. The first kappa shape index (κ1) is 13.2. The Hall–Kier alpha value is -2.76. The Morgan fingerprint density at radius 1 is 1.10 bits per heavy atom. The van der Waals surface area contributed by atoms with E-state index in [1.54, 1.807) is 17.1 Å². The molecule has 0 aliphatic rings. The molecule has 2 heterocycles. The molecule has 0 aliphatic carbocycles. The van der Waals surface area contributed by atoms with Crippen molar-refractivity contribution in [1.29, 1.82) is 0 Å². The van der Waals surface area contributed by atoms with Crippen LogP contribution >= 0.6 is 0 Å². The highest BCUT2D eigenvalue weighted by atomic mass is 15.2. The van der Waals surface area contributed by atoms with Gasteiger partial charge in [0.15, 0.2) is 5.82 Å². The lowest BCUT2D eigenvalue weighted by molar-refractivity contribution is 0.883. The van der Waals surface area contributed by atoms with Gasteiger partial charge in [0.1, 0.15) is 6.33 Å². The molecule has 21 heavy (non-hydrogen) atoms. The smallest absolute Gasteiger partial charge is 0.240 e. The van der Waals surface area contributed by atoms with Gasteiger partial charge in [0.2, 0.25) is 11.9 Å². The fourth-order valence-corrected chi connectivity index (χ4v) is 1.89. The minimum absolute atomic E-state index is 0.556. The van der Waals surface area contributed by atoms with Crippen LogP contribution in [0, 0.1) is 0 Å². The van der Waals surface area contributed by atoms with Crippen LogP contribution < -0.4 is 5.32 Å². The molecule has 1 N–H and O–H groups in total. The Morgan fingerprint density at radius 2 is 1.95 bits per heavy atom. The van der Waals surface area contributed by atoms with Gasteiger partial charge in [-0.3, -0.25) is 4.57 Å². The molecule has 0 aliphatic heterocycles. The number of anilines is 1. The summed E-state index contributed by atoms with van der Waals surface area (Å²) in [5.41, 5.74) is 0.959. The third-order valence-electron chi connectivity index (χ3n) is 2.92. The molecule has 2 aromatic heterocycles. The molecule has 0 amide bonds. The maximum absolute atomic E-state index is 4.51. The Labute approximate surface area is 122 Å². The zero-order valence-electron chi connectivity index (χ0n) is 11.8. The minimum atomic E-state index is 0.556. The lowest BCUT2D eigenvalue weighted by Gasteiger charge is -2.08. The molecule has 0 radical (unpaired) electrons. The average Bonchev–Trinajstić information content (AvgIpc) is 3.08. The maximum Gasteiger partial charge on any atom is 0.240 e. The predicted octanol–water partition coefficient (Wildman–Crippen LogP) is 2.55. The second-order valence-corrected chi connectivity index (χ2v) is 4.55. The van der Waals surface area contributed by atoms with Crippen molar-refractivity contribution in [3.05, 3.63) is 49.1 Å². The third-order valence-corrected chi connectivity index (χ3v) is 2.92. The third kappa shape index (κ3) is 3.05. The predicted molar refractivity (Wildman–Crippen MR) is 81.2 cm³/mol. The van der Waals surface area contributed by atoms with Gasteiger partial charge < -0.3 is 5.32 Å². The Morgan fingerprint density at radius 3 is 2.67 bits per heavy atom. The summed E-state index contributed by atoms with van der Waals surface area (Å²) in [5, 5.41) is 3.21. The van der Waals surface area contributed by atoms with E-state index in [4.69, 9.17) is 0 Å². The van der Waals surface area contributed by atoms with Gasteiger partial charge >= 0.3 is 0 Å². The van der Waals surface area contributed by atoms with Gasteiger partial charge in [-0.1, -0.05) is 37.3 Å². The van der Waals surface area contributed by atoms with E-state index in [1.165, 1.54) is 0 Å². The summed E-state index contributed by atoms with van der Waals surface area (Å²) in [5.74, 6) is 1.78. The first-order chi connectivity index (χ1) is 10.4. The summed E-state index contributed by atoms with van der Waals surface area (Å²) < 4.78 is 1.77. The molecular weight excluding hydrogens is 264 g/mol. The lowest BCUT2D eigenvalue weighted by Crippen LogP contribution is -2.10. The molecule has 0 bridgehead atoms. The quantitative estimate of drug-likeness (QED) is 0.778. The topological polar surface area (TPSA) is 68.5 Å². The normalized spacial score (nSPS) is 10.5. The number of nitrogens with zero attached hydrogens (tertiary/aromatic N) is 5. The number of imidazole rings is 1. The van der Waals surface area contributed by atoms with Crippen molar-refractivity contribution in [3.8, 4) is 17.3 Å². The van der Waals surface area contributed by atoms with Crippen LogP contribution in [0.15, 0.2) is 49.1 Å². The van der Waals surface area contributed by atoms with Crippen LogP contribution in [0.1, 0.15) is 13.3 Å². The van der Waals surface area contributed by atoms with Crippen LogP contribution in [0.2, 0.25) is 0 Å². The summed E-state index contributed by atoms with van der Waals surface area (Å²) in [7, 11) is 0. The molecule has 0 saturated carbocycles. The second-order valence-electron chi connectivity index (χ2n) is 4.55. The molecule has 6 heteroatoms. The summed E-state index contributed by atoms with van der Waals surface area (Å²) in [6, 6.07) is 9.87. The van der Waals surface area contributed by atoms with E-state index >= 15 is 0 Å². The fraction of sp³-hybridized carbons (Fsp3) is 0.200. The zero-order valence-corrected chi connectivity index (χ0v) is 11.8. The van der Waals surface area contributed by atoms with E-state index in [2.05, 4.69) is 32.2 Å². The maximum atomic E-state index is 4.51. The van der Waals surface area contributed by atoms with Crippen molar-refractivity contribution in [2.24, 2.45) is 0 Å². The van der Waals surface area contributed by atoms with E-state index in [1.807, 2.05) is 36.5 Å². The molecule has 3 rings (SSSR count). The molecule has 3 aromatic rings. The van der Waals surface area contributed by atoms with Gasteiger partial charge in [-0.25, -0.2) is 4.98 Å². The van der Waals surface area contributed by atoms with Crippen LogP contribution in [-0.4, -0.2) is 31.0 Å². The van der Waals surface area contributed by atoms with Crippen molar-refractivity contribution < 1.29 is 0 Å². The number of benzene rings is 1. The molecule has 0 saturated heterocycles. The van der Waals surface area contributed by atoms with E-state index in [0.717, 1.165) is 18.5 Å². The largest absolute Gasteiger partial charge is 0.354 e. The first-order valence-electron chi connectivity index (χ1n) is 6.90. The Kier molecular flexibility index (Phi) is 3.86. The highest BCUT2D eigenvalue weighted by Crippen LogP contribution is 2.17. The van der Waals surface area contributed by atoms with Crippen LogP contribution in [0.4, 0.5) is 5.95 Å². The van der Waals surface area contributed by atoms with Gasteiger partial charge in [-0.05, 0) is 6.42 Å². The Bertz CT molecular complexity index is 693. The molecule has 106 valence electrons. The Balaban J connectivity index is 2.05. The fourth-order valence-electron chi connectivity index (χ4n) is 1.89. The van der Waals surface area contributed by atoms with Crippen molar-refractivity contribution in [3.63, 3.8) is 0 Å². The van der Waals surface area contributed by atoms with Crippen molar-refractivity contribution >= 4 is 5.95 Å². The molecule has 1 aromatic carbocycles. The number of hydrogen-bond acceptors (Lipinski definition) is 5. The number of nitrogens with one attached hydrogen (secondary N) is 1. The van der Waals surface area contributed by atoms with Gasteiger partial charge in [-0.2, -0.15) is 15.0 Å². The second kappa shape index (κ2) is 6.13. The summed E-state index contributed by atoms with van der Waals surface area (Å²) in [6.07, 6.45) is 6.19. The molecule has 0 unspecified atom stereocenters. The van der Waals surface area contributed by atoms with Gasteiger partial charge in [0, 0.05) is 24.5 Å². The van der Waals surface area contributed by atoms with E-state index in [-0.39, 0.29) is 0 Å². The minimum Gasteiger partial charge on any atom is -0.354 e. The average molecular weight is 280 g/mol. The SMILES string of the molecule is CCCNc1nc(-c2ccccc2)nc(-n2ccnc2)n1. The van der Waals surface area contributed by atoms with E-state index in [9.17, 15) is 0 Å². The van der Waals surface area contributed by atoms with Gasteiger partial charge in [-0.15, -0.1) is 0 Å². The van der Waals surface area contributed by atoms with Crippen molar-refractivity contribution in [1.82, 2.24) is 24.5 Å². The molecule has 0 spiro atoms. The van der Waals surface area contributed by atoms with Gasteiger partial charge in [0.25, 0.3) is 0 Å². The first-order valence-corrected chi connectivity index (χ1v) is 6.90. The van der Waals surface area contributed by atoms with Crippen molar-refractivity contribution in [2.45, 2.75) is 13.3 Å². The van der Waals surface area contributed by atoms with E-state index < -0.39 is 0 Å². The van der Waals surface area contributed by atoms with Crippen LogP contribution in [0.5, 0.6) is 0 Å². The number of rotatable bonds is 5. The summed E-state index contributed by atoms with van der Waals surface area (Å²) in [4.78, 5) is 17.5.